The second kappa shape index (κ2) is 3.35. The van der Waals surface area contributed by atoms with Gasteiger partial charge in [-0.25, -0.2) is 4.39 Å². The van der Waals surface area contributed by atoms with Gasteiger partial charge in [-0.2, -0.15) is 0 Å². The minimum atomic E-state index is -0.791. The fourth-order valence-electron chi connectivity index (χ4n) is 0.898. The van der Waals surface area contributed by atoms with Gasteiger partial charge in [-0.15, -0.1) is 0 Å². The first-order chi connectivity index (χ1) is 4.84. The van der Waals surface area contributed by atoms with Crippen molar-refractivity contribution in [3.05, 3.63) is 35.9 Å². The molecule has 0 saturated heterocycles. The highest BCUT2D eigenvalue weighted by Gasteiger charge is 2.03. The molecule has 0 heterocycles. The Morgan fingerprint density at radius 1 is 1.30 bits per heavy atom. The first-order valence-electron chi connectivity index (χ1n) is 3.53. The summed E-state index contributed by atoms with van der Waals surface area (Å²) in [4.78, 5) is 0. The van der Waals surface area contributed by atoms with Crippen molar-refractivity contribution in [2.75, 3.05) is 0 Å². The van der Waals surface area contributed by atoms with Crippen molar-refractivity contribution >= 4 is 0 Å². The summed E-state index contributed by atoms with van der Waals surface area (Å²) in [6, 6.07) is 9.24. The van der Waals surface area contributed by atoms with E-state index < -0.39 is 6.17 Å². The second-order valence-electron chi connectivity index (χ2n) is 2.29. The maximum absolute atomic E-state index is 12.9. The minimum absolute atomic E-state index is 0.560. The third-order valence-corrected chi connectivity index (χ3v) is 1.52. The quantitative estimate of drug-likeness (QED) is 0.589. The molecule has 0 aromatic heterocycles. The molecule has 1 heteroatoms. The average Bonchev–Trinajstić information content (AvgIpc) is 2.05. The van der Waals surface area contributed by atoms with Crippen LogP contribution in [-0.4, -0.2) is 0 Å². The van der Waals surface area contributed by atoms with Gasteiger partial charge in [0, 0.05) is 0 Å². The predicted molar refractivity (Wildman–Crippen MR) is 40.6 cm³/mol. The molecule has 0 amide bonds. The number of hydrogen-bond acceptors (Lipinski definition) is 0. The predicted octanol–water partition coefficient (Wildman–Crippen LogP) is 3.11. The Hall–Kier alpha value is -0.850. The third-order valence-electron chi connectivity index (χ3n) is 1.52. The molecule has 1 atom stereocenters. The smallest absolute Gasteiger partial charge is 0.125 e. The fourth-order valence-corrected chi connectivity index (χ4v) is 0.898. The molecule has 1 aromatic rings. The zero-order chi connectivity index (χ0) is 7.40. The third kappa shape index (κ3) is 1.56. The average molecular weight is 138 g/mol. The molecule has 0 spiro atoms. The molecule has 0 radical (unpaired) electrons. The number of alkyl halides is 1. The topological polar surface area (TPSA) is 0 Å². The maximum atomic E-state index is 12.9. The van der Waals surface area contributed by atoms with E-state index in [4.69, 9.17) is 0 Å². The summed E-state index contributed by atoms with van der Waals surface area (Å²) in [6.07, 6.45) is -0.231. The van der Waals surface area contributed by atoms with Gasteiger partial charge in [0.05, 0.1) is 0 Å². The van der Waals surface area contributed by atoms with E-state index in [0.717, 1.165) is 5.56 Å². The second-order valence-corrected chi connectivity index (χ2v) is 2.29. The Bertz CT molecular complexity index is 181. The van der Waals surface area contributed by atoms with Crippen molar-refractivity contribution < 1.29 is 4.39 Å². The molecule has 0 aliphatic rings. The van der Waals surface area contributed by atoms with Crippen LogP contribution in [0.25, 0.3) is 0 Å². The zero-order valence-corrected chi connectivity index (χ0v) is 6.05. The van der Waals surface area contributed by atoms with Gasteiger partial charge in [0.25, 0.3) is 0 Å². The van der Waals surface area contributed by atoms with Crippen LogP contribution < -0.4 is 0 Å². The van der Waals surface area contributed by atoms with E-state index in [9.17, 15) is 4.39 Å². The Labute approximate surface area is 60.7 Å². The Morgan fingerprint density at radius 2 is 1.90 bits per heavy atom. The molecule has 0 bridgehead atoms. The summed E-state index contributed by atoms with van der Waals surface area (Å²) >= 11 is 0. The molecule has 0 saturated carbocycles. The molecule has 10 heavy (non-hydrogen) atoms. The lowest BCUT2D eigenvalue weighted by atomic mass is 10.1. The van der Waals surface area contributed by atoms with Gasteiger partial charge in [-0.05, 0) is 12.0 Å². The summed E-state index contributed by atoms with van der Waals surface area (Å²) in [5, 5.41) is 0. The summed E-state index contributed by atoms with van der Waals surface area (Å²) in [5.74, 6) is 0. The van der Waals surface area contributed by atoms with Crippen LogP contribution in [0.3, 0.4) is 0 Å². The van der Waals surface area contributed by atoms with Gasteiger partial charge in [0.15, 0.2) is 0 Å². The molecule has 54 valence electrons. The SMILES string of the molecule is CC[C@@H](F)c1ccccc1. The maximum Gasteiger partial charge on any atom is 0.125 e. The van der Waals surface area contributed by atoms with E-state index in [1.165, 1.54) is 0 Å². The lowest BCUT2D eigenvalue weighted by Gasteiger charge is -2.02. The molecule has 0 N–H and O–H groups in total. The van der Waals surface area contributed by atoms with Crippen molar-refractivity contribution in [3.63, 3.8) is 0 Å². The van der Waals surface area contributed by atoms with Gasteiger partial charge < -0.3 is 0 Å². The lowest BCUT2D eigenvalue weighted by Crippen LogP contribution is -1.86. The van der Waals surface area contributed by atoms with Crippen molar-refractivity contribution in [1.29, 1.82) is 0 Å². The number of rotatable bonds is 2. The standard InChI is InChI=1S/C9H11F/c1-2-9(10)8-6-4-3-5-7-8/h3-7,9H,2H2,1H3/t9-/m1/s1. The van der Waals surface area contributed by atoms with Gasteiger partial charge in [-0.3, -0.25) is 0 Å². The summed E-state index contributed by atoms with van der Waals surface area (Å²) < 4.78 is 12.9. The van der Waals surface area contributed by atoms with Crippen molar-refractivity contribution in [2.24, 2.45) is 0 Å². The van der Waals surface area contributed by atoms with Crippen LogP contribution in [0.1, 0.15) is 25.1 Å². The van der Waals surface area contributed by atoms with Crippen LogP contribution in [0.15, 0.2) is 30.3 Å². The highest BCUT2D eigenvalue weighted by atomic mass is 19.1. The number of hydrogen-bond donors (Lipinski definition) is 0. The molecule has 0 nitrogen and oxygen atoms in total. The van der Waals surface area contributed by atoms with Crippen LogP contribution in [0.2, 0.25) is 0 Å². The lowest BCUT2D eigenvalue weighted by molar-refractivity contribution is 0.334. The summed E-state index contributed by atoms with van der Waals surface area (Å²) in [7, 11) is 0. The first kappa shape index (κ1) is 7.26. The molecule has 0 unspecified atom stereocenters. The fraction of sp³-hybridized carbons (Fsp3) is 0.333. The molecular formula is C9H11F. The molecule has 0 fully saturated rings. The number of benzene rings is 1. The monoisotopic (exact) mass is 138 g/mol. The van der Waals surface area contributed by atoms with Crippen LogP contribution in [0.5, 0.6) is 0 Å². The molecular weight excluding hydrogens is 127 g/mol. The van der Waals surface area contributed by atoms with E-state index in [-0.39, 0.29) is 0 Å². The molecule has 0 aliphatic heterocycles. The van der Waals surface area contributed by atoms with Gasteiger partial charge in [0.2, 0.25) is 0 Å². The number of halogens is 1. The normalized spacial score (nSPS) is 13.0. The van der Waals surface area contributed by atoms with Gasteiger partial charge >= 0.3 is 0 Å². The van der Waals surface area contributed by atoms with Crippen LogP contribution in [-0.2, 0) is 0 Å². The summed E-state index contributed by atoms with van der Waals surface area (Å²) in [6.45, 7) is 1.84. The van der Waals surface area contributed by atoms with E-state index in [1.807, 2.05) is 37.3 Å². The highest BCUT2D eigenvalue weighted by Crippen LogP contribution is 2.19. The van der Waals surface area contributed by atoms with Gasteiger partial charge in [-0.1, -0.05) is 37.3 Å². The molecule has 0 aliphatic carbocycles. The van der Waals surface area contributed by atoms with Crippen LogP contribution >= 0.6 is 0 Å². The van der Waals surface area contributed by atoms with Gasteiger partial charge in [0.1, 0.15) is 6.17 Å². The Kier molecular flexibility index (Phi) is 2.43. The van der Waals surface area contributed by atoms with Crippen molar-refractivity contribution in [3.8, 4) is 0 Å². The highest BCUT2D eigenvalue weighted by molar-refractivity contribution is 5.16. The molecule has 1 rings (SSSR count). The minimum Gasteiger partial charge on any atom is -0.242 e. The van der Waals surface area contributed by atoms with E-state index in [0.29, 0.717) is 6.42 Å². The van der Waals surface area contributed by atoms with Crippen LogP contribution in [0.4, 0.5) is 4.39 Å². The van der Waals surface area contributed by atoms with E-state index in [2.05, 4.69) is 0 Å². The van der Waals surface area contributed by atoms with Crippen molar-refractivity contribution in [2.45, 2.75) is 19.5 Å². The van der Waals surface area contributed by atoms with Crippen molar-refractivity contribution in [1.82, 2.24) is 0 Å². The van der Waals surface area contributed by atoms with E-state index in [1.54, 1.807) is 0 Å². The molecule has 1 aromatic carbocycles. The van der Waals surface area contributed by atoms with Crippen LogP contribution in [0, 0.1) is 0 Å². The first-order valence-corrected chi connectivity index (χ1v) is 3.53. The zero-order valence-electron chi connectivity index (χ0n) is 6.05. The summed E-state index contributed by atoms with van der Waals surface area (Å²) in [5.41, 5.74) is 0.782. The largest absolute Gasteiger partial charge is 0.242 e. The Balaban J connectivity index is 2.75. The Morgan fingerprint density at radius 3 is 2.40 bits per heavy atom. The van der Waals surface area contributed by atoms with E-state index >= 15 is 0 Å².